The fraction of sp³-hybridized carbons (Fsp3) is 0.611. The molecule has 1 saturated heterocycles. The van der Waals surface area contributed by atoms with Crippen molar-refractivity contribution in [3.05, 3.63) is 29.0 Å². The molecule has 152 valence electrons. The molecule has 0 radical (unpaired) electrons. The van der Waals surface area contributed by atoms with Gasteiger partial charge in [0.25, 0.3) is 5.91 Å². The number of ether oxygens (including phenoxy) is 1. The van der Waals surface area contributed by atoms with E-state index in [1.54, 1.807) is 13.3 Å². The van der Waals surface area contributed by atoms with Crippen molar-refractivity contribution < 1.29 is 14.3 Å². The van der Waals surface area contributed by atoms with Gasteiger partial charge in [-0.05, 0) is 32.3 Å². The van der Waals surface area contributed by atoms with Gasteiger partial charge < -0.3 is 15.0 Å². The highest BCUT2D eigenvalue weighted by atomic mass is 32.1. The van der Waals surface area contributed by atoms with Gasteiger partial charge in [-0.2, -0.15) is 5.10 Å². The molecule has 1 fully saturated rings. The number of likely N-dealkylation sites (tertiary alicyclic amines) is 1. The average molecular weight is 407 g/mol. The zero-order chi connectivity index (χ0) is 20.3. The largest absolute Gasteiger partial charge is 0.383 e. The number of methoxy groups -OCH3 is 1. The molecule has 3 heterocycles. The van der Waals surface area contributed by atoms with E-state index in [2.05, 4.69) is 20.0 Å². The van der Waals surface area contributed by atoms with E-state index in [-0.39, 0.29) is 29.3 Å². The molecule has 2 atom stereocenters. The summed E-state index contributed by atoms with van der Waals surface area (Å²) in [5.74, 6) is -0.177. The number of nitrogens with zero attached hydrogens (tertiary/aromatic N) is 5. The lowest BCUT2D eigenvalue weighted by Gasteiger charge is -2.38. The Hall–Kier alpha value is -2.33. The topological polar surface area (TPSA) is 102 Å². The first kappa shape index (κ1) is 20.4. The SMILES string of the molecule is COCCn1cc([C@H]2[C@H](CNC(=O)c3cnns3)CC(=O)N2C(C)(C)C)cn1. The van der Waals surface area contributed by atoms with Gasteiger partial charge in [-0.1, -0.05) is 4.49 Å². The van der Waals surface area contributed by atoms with Crippen LogP contribution in [-0.4, -0.2) is 61.9 Å². The summed E-state index contributed by atoms with van der Waals surface area (Å²) in [4.78, 5) is 27.5. The smallest absolute Gasteiger partial charge is 0.264 e. The second kappa shape index (κ2) is 8.36. The highest BCUT2D eigenvalue weighted by Crippen LogP contribution is 2.42. The third-order valence-electron chi connectivity index (χ3n) is 4.78. The molecular weight excluding hydrogens is 380 g/mol. The second-order valence-corrected chi connectivity index (χ2v) is 8.65. The Bertz CT molecular complexity index is 814. The number of carbonyl (C=O) groups excluding carboxylic acids is 2. The van der Waals surface area contributed by atoms with Crippen LogP contribution in [0.1, 0.15) is 48.5 Å². The van der Waals surface area contributed by atoms with E-state index in [4.69, 9.17) is 4.74 Å². The molecule has 1 aliphatic rings. The Labute approximate surface area is 168 Å². The molecule has 0 spiro atoms. The lowest BCUT2D eigenvalue weighted by Crippen LogP contribution is -2.44. The minimum Gasteiger partial charge on any atom is -0.383 e. The lowest BCUT2D eigenvalue weighted by molar-refractivity contribution is -0.133. The van der Waals surface area contributed by atoms with E-state index in [1.165, 1.54) is 6.20 Å². The van der Waals surface area contributed by atoms with Crippen molar-refractivity contribution in [3.63, 3.8) is 0 Å². The maximum atomic E-state index is 12.8. The van der Waals surface area contributed by atoms with Gasteiger partial charge >= 0.3 is 0 Å². The van der Waals surface area contributed by atoms with Gasteiger partial charge in [-0.3, -0.25) is 14.3 Å². The van der Waals surface area contributed by atoms with Crippen molar-refractivity contribution in [2.45, 2.75) is 45.3 Å². The molecule has 1 aliphatic heterocycles. The molecule has 0 bridgehead atoms. The predicted molar refractivity (Wildman–Crippen MR) is 104 cm³/mol. The van der Waals surface area contributed by atoms with Crippen LogP contribution in [0.4, 0.5) is 0 Å². The van der Waals surface area contributed by atoms with E-state index < -0.39 is 0 Å². The highest BCUT2D eigenvalue weighted by Gasteiger charge is 2.45. The summed E-state index contributed by atoms with van der Waals surface area (Å²) in [5, 5.41) is 11.0. The molecule has 0 saturated carbocycles. The van der Waals surface area contributed by atoms with Gasteiger partial charge in [0, 0.05) is 43.3 Å². The van der Waals surface area contributed by atoms with E-state index >= 15 is 0 Å². The van der Waals surface area contributed by atoms with E-state index in [1.807, 2.05) is 36.5 Å². The number of aromatic nitrogens is 4. The molecule has 3 rings (SSSR count). The molecule has 0 aromatic carbocycles. The maximum absolute atomic E-state index is 12.8. The first-order chi connectivity index (χ1) is 13.3. The number of amides is 2. The van der Waals surface area contributed by atoms with Crippen molar-refractivity contribution >= 4 is 23.3 Å². The molecule has 9 nitrogen and oxygen atoms in total. The van der Waals surface area contributed by atoms with Crippen LogP contribution in [0.3, 0.4) is 0 Å². The normalized spacial score (nSPS) is 20.0. The van der Waals surface area contributed by atoms with Crippen molar-refractivity contribution in [1.82, 2.24) is 29.6 Å². The van der Waals surface area contributed by atoms with Gasteiger partial charge in [-0.15, -0.1) is 5.10 Å². The van der Waals surface area contributed by atoms with Crippen LogP contribution in [-0.2, 0) is 16.1 Å². The number of hydrogen-bond donors (Lipinski definition) is 1. The number of rotatable bonds is 7. The summed E-state index contributed by atoms with van der Waals surface area (Å²) >= 11 is 1.05. The Morgan fingerprint density at radius 1 is 1.39 bits per heavy atom. The minimum atomic E-state index is -0.337. The third kappa shape index (κ3) is 4.39. The average Bonchev–Trinajstić information content (AvgIpc) is 3.36. The fourth-order valence-corrected chi connectivity index (χ4v) is 4.05. The Kier molecular flexibility index (Phi) is 6.09. The number of nitrogens with one attached hydrogen (secondary N) is 1. The van der Waals surface area contributed by atoms with Crippen LogP contribution >= 0.6 is 11.5 Å². The molecule has 2 aromatic rings. The molecular formula is C18H26N6O3S. The zero-order valence-electron chi connectivity index (χ0n) is 16.6. The Morgan fingerprint density at radius 2 is 2.18 bits per heavy atom. The van der Waals surface area contributed by atoms with Crippen molar-refractivity contribution in [2.24, 2.45) is 5.92 Å². The van der Waals surface area contributed by atoms with Gasteiger partial charge in [0.15, 0.2) is 0 Å². The summed E-state index contributed by atoms with van der Waals surface area (Å²) in [5.41, 5.74) is 0.632. The van der Waals surface area contributed by atoms with Gasteiger partial charge in [0.05, 0.1) is 31.6 Å². The lowest BCUT2D eigenvalue weighted by atomic mass is 9.93. The molecule has 2 aromatic heterocycles. The summed E-state index contributed by atoms with van der Waals surface area (Å²) in [6.07, 6.45) is 5.59. The first-order valence-electron chi connectivity index (χ1n) is 9.20. The summed E-state index contributed by atoms with van der Waals surface area (Å²) in [6, 6.07) is -0.149. The van der Waals surface area contributed by atoms with Crippen molar-refractivity contribution in [3.8, 4) is 0 Å². The first-order valence-corrected chi connectivity index (χ1v) is 9.97. The number of carbonyl (C=O) groups is 2. The van der Waals surface area contributed by atoms with Crippen molar-refractivity contribution in [1.29, 1.82) is 0 Å². The Morgan fingerprint density at radius 3 is 2.82 bits per heavy atom. The van der Waals surface area contributed by atoms with Crippen LogP contribution in [0, 0.1) is 5.92 Å². The van der Waals surface area contributed by atoms with E-state index in [0.29, 0.717) is 31.0 Å². The zero-order valence-corrected chi connectivity index (χ0v) is 17.4. The molecule has 0 aliphatic carbocycles. The van der Waals surface area contributed by atoms with Gasteiger partial charge in [0.2, 0.25) is 5.91 Å². The van der Waals surface area contributed by atoms with Crippen LogP contribution in [0.2, 0.25) is 0 Å². The van der Waals surface area contributed by atoms with Crippen LogP contribution in [0.25, 0.3) is 0 Å². The second-order valence-electron chi connectivity index (χ2n) is 7.86. The van der Waals surface area contributed by atoms with Crippen LogP contribution in [0.15, 0.2) is 18.6 Å². The Balaban J connectivity index is 1.80. The molecule has 0 unspecified atom stereocenters. The standard InChI is InChI=1S/C18H26N6O3S/c1-18(2,3)24-15(25)7-12(8-19-17(26)14-10-20-22-28-14)16(24)13-9-21-23(11-13)5-6-27-4/h9-12,16H,5-8H2,1-4H3,(H,19,26)/t12-,16+/m0/s1. The van der Waals surface area contributed by atoms with Crippen molar-refractivity contribution in [2.75, 3.05) is 20.3 Å². The van der Waals surface area contributed by atoms with E-state index in [0.717, 1.165) is 17.1 Å². The number of hydrogen-bond acceptors (Lipinski definition) is 7. The summed E-state index contributed by atoms with van der Waals surface area (Å²) < 4.78 is 10.6. The highest BCUT2D eigenvalue weighted by molar-refractivity contribution is 7.07. The quantitative estimate of drug-likeness (QED) is 0.748. The molecule has 1 N–H and O–H groups in total. The maximum Gasteiger partial charge on any atom is 0.264 e. The van der Waals surface area contributed by atoms with Crippen LogP contribution < -0.4 is 5.32 Å². The summed E-state index contributed by atoms with van der Waals surface area (Å²) in [6.45, 7) is 7.68. The fourth-order valence-electron chi connectivity index (χ4n) is 3.61. The molecule has 28 heavy (non-hydrogen) atoms. The molecule has 10 heteroatoms. The van der Waals surface area contributed by atoms with Gasteiger partial charge in [-0.25, -0.2) is 0 Å². The third-order valence-corrected chi connectivity index (χ3v) is 5.45. The van der Waals surface area contributed by atoms with Gasteiger partial charge in [0.1, 0.15) is 4.88 Å². The molecule has 2 amide bonds. The van der Waals surface area contributed by atoms with Crippen LogP contribution in [0.5, 0.6) is 0 Å². The van der Waals surface area contributed by atoms with E-state index in [9.17, 15) is 9.59 Å². The monoisotopic (exact) mass is 406 g/mol. The predicted octanol–water partition coefficient (Wildman–Crippen LogP) is 1.50. The summed E-state index contributed by atoms with van der Waals surface area (Å²) in [7, 11) is 1.65. The minimum absolute atomic E-state index is 0.0448.